The zero-order valence-electron chi connectivity index (χ0n) is 17.8. The number of allylic oxidation sites excluding steroid dienone is 4. The minimum absolute atomic E-state index is 0.0618. The number of carboxylic acid groups (broad SMARTS) is 1. The van der Waals surface area contributed by atoms with Crippen molar-refractivity contribution in [2.24, 2.45) is 0 Å². The Morgan fingerprint density at radius 1 is 0.821 bits per heavy atom. The fourth-order valence-electron chi connectivity index (χ4n) is 2.74. The van der Waals surface area contributed by atoms with E-state index < -0.39 is 12.1 Å². The maximum atomic E-state index is 11.4. The van der Waals surface area contributed by atoms with Crippen LogP contribution in [0.15, 0.2) is 24.3 Å². The Hall–Kier alpha value is -1.78. The largest absolute Gasteiger partial charge is 0.481 e. The van der Waals surface area contributed by atoms with Crippen molar-refractivity contribution in [3.05, 3.63) is 24.3 Å². The molecule has 0 aromatic heterocycles. The number of carbonyl (C=O) groups is 2. The Labute approximate surface area is 171 Å². The number of nitrogens with one attached hydrogen (secondary N) is 1. The molecule has 0 saturated carbocycles. The molecule has 0 aromatic carbocycles. The van der Waals surface area contributed by atoms with Crippen molar-refractivity contribution >= 4 is 12.1 Å². The van der Waals surface area contributed by atoms with Gasteiger partial charge in [-0.3, -0.25) is 4.79 Å². The highest BCUT2D eigenvalue weighted by molar-refractivity contribution is 5.68. The predicted octanol–water partition coefficient (Wildman–Crippen LogP) is 6.39. The highest BCUT2D eigenvalue weighted by Gasteiger charge is 2.02. The van der Waals surface area contributed by atoms with Gasteiger partial charge in [-0.2, -0.15) is 0 Å². The molecule has 28 heavy (non-hydrogen) atoms. The van der Waals surface area contributed by atoms with Gasteiger partial charge in [0.05, 0.1) is 6.61 Å². The molecular formula is C23H41NO4. The molecule has 5 nitrogen and oxygen atoms in total. The quantitative estimate of drug-likeness (QED) is 0.196. The van der Waals surface area contributed by atoms with E-state index in [1.54, 1.807) is 0 Å². The molecule has 0 atom stereocenters. The molecule has 0 unspecified atom stereocenters. The number of hydrogen-bond donors (Lipinski definition) is 2. The first-order valence-electron chi connectivity index (χ1n) is 11.1. The van der Waals surface area contributed by atoms with E-state index in [2.05, 4.69) is 36.5 Å². The minimum atomic E-state index is -0.850. The van der Waals surface area contributed by atoms with Gasteiger partial charge in [0.15, 0.2) is 0 Å². The fourth-order valence-corrected chi connectivity index (χ4v) is 2.74. The van der Waals surface area contributed by atoms with Gasteiger partial charge in [0, 0.05) is 13.0 Å². The second kappa shape index (κ2) is 21.5. The number of carboxylic acids is 1. The zero-order chi connectivity index (χ0) is 20.7. The lowest BCUT2D eigenvalue weighted by Gasteiger charge is -2.06. The average molecular weight is 396 g/mol. The highest BCUT2D eigenvalue weighted by Crippen LogP contribution is 2.08. The summed E-state index contributed by atoms with van der Waals surface area (Å²) in [6.45, 7) is 3.01. The van der Waals surface area contributed by atoms with Gasteiger partial charge in [0.1, 0.15) is 0 Å². The van der Waals surface area contributed by atoms with Crippen LogP contribution in [0.4, 0.5) is 4.79 Å². The minimum Gasteiger partial charge on any atom is -0.481 e. The van der Waals surface area contributed by atoms with E-state index in [-0.39, 0.29) is 6.42 Å². The van der Waals surface area contributed by atoms with E-state index in [4.69, 9.17) is 9.84 Å². The molecule has 2 N–H and O–H groups in total. The number of amides is 1. The van der Waals surface area contributed by atoms with Crippen LogP contribution in [0, 0.1) is 0 Å². The summed E-state index contributed by atoms with van der Waals surface area (Å²) in [5.41, 5.74) is 0. The van der Waals surface area contributed by atoms with Gasteiger partial charge in [-0.1, -0.05) is 69.8 Å². The monoisotopic (exact) mass is 395 g/mol. The number of carbonyl (C=O) groups excluding carboxylic acids is 1. The van der Waals surface area contributed by atoms with E-state index in [9.17, 15) is 9.59 Å². The van der Waals surface area contributed by atoms with Gasteiger partial charge in [-0.05, 0) is 44.9 Å². The number of aliphatic carboxylic acids is 1. The Bertz CT molecular complexity index is 432. The molecule has 0 heterocycles. The van der Waals surface area contributed by atoms with Gasteiger partial charge < -0.3 is 15.2 Å². The summed E-state index contributed by atoms with van der Waals surface area (Å²) in [4.78, 5) is 21.7. The molecule has 0 rings (SSSR count). The third-order valence-corrected chi connectivity index (χ3v) is 4.41. The van der Waals surface area contributed by atoms with Gasteiger partial charge in [0.25, 0.3) is 0 Å². The number of rotatable bonds is 19. The van der Waals surface area contributed by atoms with Crippen LogP contribution in [-0.4, -0.2) is 30.3 Å². The average Bonchev–Trinajstić information content (AvgIpc) is 2.67. The first-order chi connectivity index (χ1) is 13.7. The second-order valence-corrected chi connectivity index (χ2v) is 7.14. The first kappa shape index (κ1) is 26.2. The second-order valence-electron chi connectivity index (χ2n) is 7.14. The molecule has 0 bridgehead atoms. The summed E-state index contributed by atoms with van der Waals surface area (Å²) in [6, 6.07) is 0. The molecule has 0 aliphatic carbocycles. The summed E-state index contributed by atoms with van der Waals surface area (Å²) >= 11 is 0. The SMILES string of the molecule is CCCCC/C=C\C/C=C\CCCCCCCCOC(=O)NCCCC(=O)O. The molecule has 0 saturated heterocycles. The maximum absolute atomic E-state index is 11.4. The highest BCUT2D eigenvalue weighted by atomic mass is 16.5. The van der Waals surface area contributed by atoms with Crippen molar-refractivity contribution in [3.8, 4) is 0 Å². The lowest BCUT2D eigenvalue weighted by atomic mass is 10.1. The van der Waals surface area contributed by atoms with Crippen LogP contribution in [0.1, 0.15) is 96.8 Å². The van der Waals surface area contributed by atoms with Gasteiger partial charge in [-0.15, -0.1) is 0 Å². The Morgan fingerprint density at radius 2 is 1.43 bits per heavy atom. The van der Waals surface area contributed by atoms with Gasteiger partial charge in [0.2, 0.25) is 0 Å². The predicted molar refractivity (Wildman–Crippen MR) is 116 cm³/mol. The van der Waals surface area contributed by atoms with Gasteiger partial charge >= 0.3 is 12.1 Å². The molecule has 0 fully saturated rings. The normalized spacial score (nSPS) is 11.3. The Morgan fingerprint density at radius 3 is 2.07 bits per heavy atom. The van der Waals surface area contributed by atoms with E-state index >= 15 is 0 Å². The van der Waals surface area contributed by atoms with Gasteiger partial charge in [-0.25, -0.2) is 4.79 Å². The molecule has 0 radical (unpaired) electrons. The van der Waals surface area contributed by atoms with E-state index in [1.165, 1.54) is 51.4 Å². The molecule has 162 valence electrons. The summed E-state index contributed by atoms with van der Waals surface area (Å²) in [5.74, 6) is -0.850. The molecule has 0 aliphatic rings. The van der Waals surface area contributed by atoms with E-state index in [0.717, 1.165) is 25.7 Å². The Kier molecular flexibility index (Phi) is 20.2. The van der Waals surface area contributed by atoms with E-state index in [0.29, 0.717) is 19.6 Å². The van der Waals surface area contributed by atoms with E-state index in [1.807, 2.05) is 0 Å². The molecule has 1 amide bonds. The third-order valence-electron chi connectivity index (χ3n) is 4.41. The number of hydrogen-bond acceptors (Lipinski definition) is 3. The molecule has 5 heteroatoms. The lowest BCUT2D eigenvalue weighted by molar-refractivity contribution is -0.137. The van der Waals surface area contributed by atoms with Crippen LogP contribution in [0.25, 0.3) is 0 Å². The van der Waals surface area contributed by atoms with Crippen molar-refractivity contribution in [3.63, 3.8) is 0 Å². The van der Waals surface area contributed by atoms with Crippen LogP contribution in [0.3, 0.4) is 0 Å². The smallest absolute Gasteiger partial charge is 0.407 e. The van der Waals surface area contributed by atoms with Crippen LogP contribution >= 0.6 is 0 Å². The van der Waals surface area contributed by atoms with Crippen LogP contribution < -0.4 is 5.32 Å². The van der Waals surface area contributed by atoms with Crippen LogP contribution in [-0.2, 0) is 9.53 Å². The molecule has 0 aliphatic heterocycles. The van der Waals surface area contributed by atoms with Crippen molar-refractivity contribution in [1.82, 2.24) is 5.32 Å². The first-order valence-corrected chi connectivity index (χ1v) is 11.1. The molecule has 0 aromatic rings. The molecule has 0 spiro atoms. The Balaban J connectivity index is 3.25. The van der Waals surface area contributed by atoms with Crippen LogP contribution in [0.5, 0.6) is 0 Å². The number of ether oxygens (including phenoxy) is 1. The maximum Gasteiger partial charge on any atom is 0.407 e. The standard InChI is InChI=1S/C23H41NO4/c1-2-3-4-5-6-7-8-9-10-11-12-13-14-15-16-17-21-28-23(27)24-20-18-19-22(25)26/h6-7,9-10H,2-5,8,11-21H2,1H3,(H,24,27)(H,25,26)/b7-6-,10-9-. The topological polar surface area (TPSA) is 75.6 Å². The summed E-state index contributed by atoms with van der Waals surface area (Å²) in [7, 11) is 0. The zero-order valence-corrected chi connectivity index (χ0v) is 17.8. The van der Waals surface area contributed by atoms with Crippen molar-refractivity contribution in [1.29, 1.82) is 0 Å². The summed E-state index contributed by atoms with van der Waals surface area (Å²) < 4.78 is 5.06. The lowest BCUT2D eigenvalue weighted by Crippen LogP contribution is -2.26. The fraction of sp³-hybridized carbons (Fsp3) is 0.739. The third kappa shape index (κ3) is 22.3. The van der Waals surface area contributed by atoms with Crippen LogP contribution in [0.2, 0.25) is 0 Å². The molecular weight excluding hydrogens is 354 g/mol. The van der Waals surface area contributed by atoms with Crippen molar-refractivity contribution in [2.75, 3.05) is 13.2 Å². The van der Waals surface area contributed by atoms with Crippen molar-refractivity contribution < 1.29 is 19.4 Å². The number of unbranched alkanes of at least 4 members (excludes halogenated alkanes) is 9. The summed E-state index contributed by atoms with van der Waals surface area (Å²) in [6.07, 6.45) is 23.4. The summed E-state index contributed by atoms with van der Waals surface area (Å²) in [5, 5.41) is 11.1. The number of alkyl carbamates (subject to hydrolysis) is 1. The van der Waals surface area contributed by atoms with Crippen molar-refractivity contribution in [2.45, 2.75) is 96.8 Å².